The third kappa shape index (κ3) is 5.44. The number of amides is 1. The van der Waals surface area contributed by atoms with E-state index in [1.807, 2.05) is 54.6 Å². The third-order valence-corrected chi connectivity index (χ3v) is 7.58. The van der Waals surface area contributed by atoms with Crippen molar-refractivity contribution in [3.05, 3.63) is 119 Å². The van der Waals surface area contributed by atoms with Gasteiger partial charge in [-0.2, -0.15) is 0 Å². The molecular weight excluding hydrogens is 529 g/mol. The monoisotopic (exact) mass is 547 g/mol. The lowest BCUT2D eigenvalue weighted by atomic mass is 10.0. The van der Waals surface area contributed by atoms with Gasteiger partial charge in [0.15, 0.2) is 0 Å². The van der Waals surface area contributed by atoms with E-state index in [1.165, 1.54) is 18.2 Å². The molecule has 0 fully saturated rings. The third-order valence-electron chi connectivity index (χ3n) is 5.62. The van der Waals surface area contributed by atoms with Gasteiger partial charge < -0.3 is 5.32 Å². The molecule has 0 saturated heterocycles. The van der Waals surface area contributed by atoms with Crippen molar-refractivity contribution >= 4 is 61.4 Å². The van der Waals surface area contributed by atoms with Crippen LogP contribution >= 0.6 is 23.2 Å². The predicted molar refractivity (Wildman–Crippen MR) is 149 cm³/mol. The van der Waals surface area contributed by atoms with Crippen molar-refractivity contribution in [2.45, 2.75) is 4.90 Å². The van der Waals surface area contributed by atoms with Crippen LogP contribution in [-0.4, -0.2) is 19.3 Å². The molecule has 37 heavy (non-hydrogen) atoms. The Labute approximate surface area is 223 Å². The Bertz CT molecular complexity index is 1730. The molecule has 0 saturated carbocycles. The highest BCUT2D eigenvalue weighted by Gasteiger charge is 2.19. The van der Waals surface area contributed by atoms with Crippen LogP contribution in [0.2, 0.25) is 10.0 Å². The van der Waals surface area contributed by atoms with Crippen LogP contribution < -0.4 is 10.0 Å². The maximum absolute atomic E-state index is 13.5. The van der Waals surface area contributed by atoms with Crippen LogP contribution in [0.25, 0.3) is 22.2 Å². The number of anilines is 2. The quantitative estimate of drug-likeness (QED) is 0.234. The van der Waals surface area contributed by atoms with E-state index >= 15 is 0 Å². The second-order valence-corrected chi connectivity index (χ2v) is 10.7. The molecule has 0 aliphatic carbocycles. The summed E-state index contributed by atoms with van der Waals surface area (Å²) in [6.07, 6.45) is 0. The Morgan fingerprint density at radius 1 is 0.784 bits per heavy atom. The molecule has 184 valence electrons. The minimum atomic E-state index is -3.96. The van der Waals surface area contributed by atoms with E-state index in [-0.39, 0.29) is 15.6 Å². The highest BCUT2D eigenvalue weighted by Crippen LogP contribution is 2.29. The molecule has 1 aromatic heterocycles. The summed E-state index contributed by atoms with van der Waals surface area (Å²) in [7, 11) is -3.96. The molecule has 0 radical (unpaired) electrons. The number of halogens is 2. The molecule has 4 aromatic carbocycles. The average Bonchev–Trinajstić information content (AvgIpc) is 2.91. The average molecular weight is 548 g/mol. The Morgan fingerprint density at radius 3 is 2.24 bits per heavy atom. The standard InChI is InChI=1S/C28H19Cl2N3O3S/c29-19-10-12-20(13-11-19)33-37(35,36)21-14-15-24(30)27(16-21)32-28(34)23-17-26(18-6-2-1-3-7-18)31-25-9-5-4-8-22(23)25/h1-17,33H,(H,32,34). The summed E-state index contributed by atoms with van der Waals surface area (Å²) in [6, 6.07) is 28.9. The lowest BCUT2D eigenvalue weighted by molar-refractivity contribution is 0.102. The first kappa shape index (κ1) is 24.8. The highest BCUT2D eigenvalue weighted by molar-refractivity contribution is 7.92. The van der Waals surface area contributed by atoms with Crippen LogP contribution in [0.5, 0.6) is 0 Å². The van der Waals surface area contributed by atoms with E-state index < -0.39 is 15.9 Å². The maximum Gasteiger partial charge on any atom is 0.261 e. The Morgan fingerprint density at radius 2 is 1.49 bits per heavy atom. The number of hydrogen-bond acceptors (Lipinski definition) is 4. The molecule has 0 spiro atoms. The number of pyridine rings is 1. The minimum Gasteiger partial charge on any atom is -0.321 e. The fraction of sp³-hybridized carbons (Fsp3) is 0. The summed E-state index contributed by atoms with van der Waals surface area (Å²) in [4.78, 5) is 18.1. The largest absolute Gasteiger partial charge is 0.321 e. The van der Waals surface area contributed by atoms with E-state index in [0.717, 1.165) is 5.56 Å². The van der Waals surface area contributed by atoms with Crippen molar-refractivity contribution in [1.29, 1.82) is 0 Å². The first-order chi connectivity index (χ1) is 17.8. The molecule has 0 atom stereocenters. The molecule has 0 bridgehead atoms. The van der Waals surface area contributed by atoms with E-state index in [4.69, 9.17) is 28.2 Å². The van der Waals surface area contributed by atoms with Gasteiger partial charge >= 0.3 is 0 Å². The lowest BCUT2D eigenvalue weighted by Crippen LogP contribution is -2.16. The van der Waals surface area contributed by atoms with Crippen molar-refractivity contribution in [3.8, 4) is 11.3 Å². The van der Waals surface area contributed by atoms with Gasteiger partial charge in [-0.25, -0.2) is 13.4 Å². The second kappa shape index (κ2) is 10.2. The minimum absolute atomic E-state index is 0.0632. The highest BCUT2D eigenvalue weighted by atomic mass is 35.5. The zero-order chi connectivity index (χ0) is 26.0. The number of aromatic nitrogens is 1. The zero-order valence-corrected chi connectivity index (χ0v) is 21.5. The van der Waals surface area contributed by atoms with Crippen LogP contribution in [0.3, 0.4) is 0 Å². The van der Waals surface area contributed by atoms with E-state index in [2.05, 4.69) is 10.0 Å². The molecule has 0 aliphatic rings. The van der Waals surface area contributed by atoms with Crippen LogP contribution in [0, 0.1) is 0 Å². The molecule has 6 nitrogen and oxygen atoms in total. The lowest BCUT2D eigenvalue weighted by Gasteiger charge is -2.13. The molecule has 1 heterocycles. The number of hydrogen-bond donors (Lipinski definition) is 2. The predicted octanol–water partition coefficient (Wildman–Crippen LogP) is 7.26. The van der Waals surface area contributed by atoms with Crippen molar-refractivity contribution in [3.63, 3.8) is 0 Å². The summed E-state index contributed by atoms with van der Waals surface area (Å²) >= 11 is 12.2. The second-order valence-electron chi connectivity index (χ2n) is 8.15. The molecule has 9 heteroatoms. The van der Waals surface area contributed by atoms with Crippen LogP contribution in [0.1, 0.15) is 10.4 Å². The zero-order valence-electron chi connectivity index (χ0n) is 19.2. The summed E-state index contributed by atoms with van der Waals surface area (Å²) in [5, 5.41) is 4.11. The van der Waals surface area contributed by atoms with Crippen molar-refractivity contribution in [2.24, 2.45) is 0 Å². The Kier molecular flexibility index (Phi) is 6.84. The molecule has 0 unspecified atom stereocenters. The summed E-state index contributed by atoms with van der Waals surface area (Å²) in [5.74, 6) is -0.446. The van der Waals surface area contributed by atoms with Gasteiger partial charge in [0.1, 0.15) is 0 Å². The Balaban J connectivity index is 1.49. The van der Waals surface area contributed by atoms with Gasteiger partial charge in [-0.3, -0.25) is 9.52 Å². The first-order valence-electron chi connectivity index (χ1n) is 11.1. The van der Waals surface area contributed by atoms with E-state index in [9.17, 15) is 13.2 Å². The van der Waals surface area contributed by atoms with Gasteiger partial charge in [-0.05, 0) is 54.6 Å². The fourth-order valence-corrected chi connectivity index (χ4v) is 5.18. The smallest absolute Gasteiger partial charge is 0.261 e. The summed E-state index contributed by atoms with van der Waals surface area (Å²) in [5.41, 5.74) is 3.05. The number of para-hydroxylation sites is 1. The van der Waals surface area contributed by atoms with Gasteiger partial charge in [0.2, 0.25) is 0 Å². The number of fused-ring (bicyclic) bond motifs is 1. The van der Waals surface area contributed by atoms with Gasteiger partial charge in [-0.15, -0.1) is 0 Å². The topological polar surface area (TPSA) is 88.2 Å². The molecule has 0 aliphatic heterocycles. The maximum atomic E-state index is 13.5. The molecule has 5 rings (SSSR count). The van der Waals surface area contributed by atoms with E-state index in [0.29, 0.717) is 32.9 Å². The molecule has 1 amide bonds. The molecular formula is C28H19Cl2N3O3S. The normalized spacial score (nSPS) is 11.3. The number of carbonyl (C=O) groups is 1. The Hall–Kier alpha value is -3.91. The number of nitrogens with zero attached hydrogens (tertiary/aromatic N) is 1. The number of nitrogens with one attached hydrogen (secondary N) is 2. The summed E-state index contributed by atoms with van der Waals surface area (Å²) < 4.78 is 28.4. The molecule has 2 N–H and O–H groups in total. The number of rotatable bonds is 6. The van der Waals surface area contributed by atoms with Gasteiger partial charge in [0.25, 0.3) is 15.9 Å². The van der Waals surface area contributed by atoms with E-state index in [1.54, 1.807) is 30.3 Å². The van der Waals surface area contributed by atoms with Crippen molar-refractivity contribution < 1.29 is 13.2 Å². The summed E-state index contributed by atoms with van der Waals surface area (Å²) in [6.45, 7) is 0. The van der Waals surface area contributed by atoms with Crippen LogP contribution in [0.4, 0.5) is 11.4 Å². The SMILES string of the molecule is O=C(Nc1cc(S(=O)(=O)Nc2ccc(Cl)cc2)ccc1Cl)c1cc(-c2ccccc2)nc2ccccc12. The fourth-order valence-electron chi connectivity index (χ4n) is 3.81. The molecule has 5 aromatic rings. The van der Waals surface area contributed by atoms with Gasteiger partial charge in [-0.1, -0.05) is 71.7 Å². The van der Waals surface area contributed by atoms with Crippen molar-refractivity contribution in [2.75, 3.05) is 10.0 Å². The van der Waals surface area contributed by atoms with Crippen molar-refractivity contribution in [1.82, 2.24) is 4.98 Å². The van der Waals surface area contributed by atoms with Crippen LogP contribution in [0.15, 0.2) is 108 Å². The van der Waals surface area contributed by atoms with Gasteiger partial charge in [0.05, 0.1) is 32.4 Å². The van der Waals surface area contributed by atoms with Gasteiger partial charge in [0, 0.05) is 21.7 Å². The first-order valence-corrected chi connectivity index (χ1v) is 13.4. The van der Waals surface area contributed by atoms with Crippen LogP contribution in [-0.2, 0) is 10.0 Å². The number of benzene rings is 4. The number of carbonyl (C=O) groups excluding carboxylic acids is 1. The number of sulfonamides is 1.